The van der Waals surface area contributed by atoms with Crippen LogP contribution in [-0.4, -0.2) is 41.0 Å². The molecule has 0 spiro atoms. The van der Waals surface area contributed by atoms with Crippen LogP contribution in [0, 0.1) is 0 Å². The van der Waals surface area contributed by atoms with Crippen LogP contribution >= 0.6 is 7.82 Å². The Kier molecular flexibility index (Phi) is 36.4. The fraction of sp³-hybridized carbons (Fsp3) is 0.674. The molecule has 0 aromatic heterocycles. The third kappa shape index (κ3) is 40.3. The molecule has 0 heterocycles. The Labute approximate surface area is 317 Å². The van der Waals surface area contributed by atoms with E-state index < -0.39 is 32.5 Å². The SMILES string of the molecule is CCCCC/C=C/C/C=C/C/C=C/C/C=C/C/C=C/CCC(=O)OC[C@H](COP(=O)(O)O)OC(=O)CCCCC/C=C/CCCCCCCCCC. The maximum Gasteiger partial charge on any atom is 0.469 e. The van der Waals surface area contributed by atoms with Crippen LogP contribution in [0.15, 0.2) is 72.9 Å². The van der Waals surface area contributed by atoms with E-state index in [1.807, 2.05) is 12.2 Å². The Hall–Kier alpha value is -2.51. The van der Waals surface area contributed by atoms with Crippen LogP contribution in [-0.2, 0) is 28.2 Å². The first kappa shape index (κ1) is 49.5. The average Bonchev–Trinajstić information content (AvgIpc) is 3.11. The van der Waals surface area contributed by atoms with Gasteiger partial charge in [0, 0.05) is 12.8 Å². The molecule has 0 aromatic carbocycles. The molecule has 0 unspecified atom stereocenters. The average molecular weight is 749 g/mol. The summed E-state index contributed by atoms with van der Waals surface area (Å²) in [5, 5.41) is 0. The van der Waals surface area contributed by atoms with Gasteiger partial charge in [-0.1, -0.05) is 151 Å². The van der Waals surface area contributed by atoms with E-state index >= 15 is 0 Å². The van der Waals surface area contributed by atoms with Crippen LogP contribution in [0.3, 0.4) is 0 Å². The summed E-state index contributed by atoms with van der Waals surface area (Å²) in [4.78, 5) is 42.7. The highest BCUT2D eigenvalue weighted by Crippen LogP contribution is 2.36. The summed E-state index contributed by atoms with van der Waals surface area (Å²) in [7, 11) is -4.78. The van der Waals surface area contributed by atoms with Gasteiger partial charge in [-0.15, -0.1) is 0 Å². The zero-order valence-corrected chi connectivity index (χ0v) is 33.6. The predicted octanol–water partition coefficient (Wildman–Crippen LogP) is 12.3. The first-order valence-corrected chi connectivity index (χ1v) is 21.8. The molecule has 0 aliphatic heterocycles. The number of unbranched alkanes of at least 4 members (excludes halogenated alkanes) is 14. The predicted molar refractivity (Wildman–Crippen MR) is 216 cm³/mol. The number of hydrogen-bond acceptors (Lipinski definition) is 6. The summed E-state index contributed by atoms with van der Waals surface area (Å²) in [6, 6.07) is 0. The normalized spacial score (nSPS) is 13.2. The van der Waals surface area contributed by atoms with Crippen LogP contribution in [0.4, 0.5) is 0 Å². The summed E-state index contributed by atoms with van der Waals surface area (Å²) in [5.74, 6) is -1.00. The Morgan fingerprint density at radius 2 is 0.904 bits per heavy atom. The van der Waals surface area contributed by atoms with E-state index in [0.717, 1.165) is 51.4 Å². The lowest BCUT2D eigenvalue weighted by atomic mass is 10.1. The van der Waals surface area contributed by atoms with E-state index in [1.54, 1.807) is 0 Å². The first-order chi connectivity index (χ1) is 25.3. The van der Waals surface area contributed by atoms with Gasteiger partial charge in [-0.2, -0.15) is 0 Å². The molecular formula is C43H73O8P. The zero-order valence-electron chi connectivity index (χ0n) is 32.7. The van der Waals surface area contributed by atoms with Gasteiger partial charge in [0.2, 0.25) is 0 Å². The third-order valence-electron chi connectivity index (χ3n) is 8.21. The molecule has 0 aliphatic carbocycles. The zero-order chi connectivity index (χ0) is 38.2. The number of phosphoric ester groups is 1. The molecule has 0 radical (unpaired) electrons. The van der Waals surface area contributed by atoms with E-state index in [4.69, 9.17) is 19.3 Å². The number of esters is 2. The molecule has 0 rings (SSSR count). The van der Waals surface area contributed by atoms with Gasteiger partial charge in [0.05, 0.1) is 6.61 Å². The number of rotatable bonds is 36. The smallest absolute Gasteiger partial charge is 0.462 e. The maximum atomic E-state index is 12.4. The molecule has 0 amide bonds. The fourth-order valence-electron chi connectivity index (χ4n) is 5.17. The number of ether oxygens (including phenoxy) is 2. The topological polar surface area (TPSA) is 119 Å². The van der Waals surface area contributed by atoms with Gasteiger partial charge in [0.1, 0.15) is 6.61 Å². The summed E-state index contributed by atoms with van der Waals surface area (Å²) in [6.45, 7) is 3.57. The second-order valence-electron chi connectivity index (χ2n) is 13.2. The molecule has 52 heavy (non-hydrogen) atoms. The van der Waals surface area contributed by atoms with E-state index in [9.17, 15) is 14.2 Å². The highest BCUT2D eigenvalue weighted by Gasteiger charge is 2.22. The van der Waals surface area contributed by atoms with Crippen molar-refractivity contribution in [2.45, 2.75) is 174 Å². The van der Waals surface area contributed by atoms with Crippen LogP contribution in [0.1, 0.15) is 168 Å². The van der Waals surface area contributed by atoms with Crippen molar-refractivity contribution in [3.8, 4) is 0 Å². The molecule has 298 valence electrons. The number of carbonyl (C=O) groups is 2. The Morgan fingerprint density at radius 3 is 1.42 bits per heavy atom. The van der Waals surface area contributed by atoms with Crippen molar-refractivity contribution in [1.29, 1.82) is 0 Å². The van der Waals surface area contributed by atoms with Gasteiger partial charge in [0.25, 0.3) is 0 Å². The van der Waals surface area contributed by atoms with E-state index in [0.29, 0.717) is 12.8 Å². The van der Waals surface area contributed by atoms with Crippen molar-refractivity contribution < 1.29 is 37.9 Å². The lowest BCUT2D eigenvalue weighted by Gasteiger charge is -2.18. The van der Waals surface area contributed by atoms with Crippen molar-refractivity contribution in [3.05, 3.63) is 72.9 Å². The summed E-state index contributed by atoms with van der Waals surface area (Å²) >= 11 is 0. The molecule has 8 nitrogen and oxygen atoms in total. The first-order valence-electron chi connectivity index (χ1n) is 20.2. The van der Waals surface area contributed by atoms with Crippen molar-refractivity contribution in [1.82, 2.24) is 0 Å². The molecular weight excluding hydrogens is 675 g/mol. The standard InChI is InChI=1S/C43H73O8P/c1-3-5-7-9-11-13-15-17-19-20-21-22-24-25-27-29-31-33-35-37-42(44)49-39-41(40-50-52(46,47)48)51-43(45)38-36-34-32-30-28-26-23-18-16-14-12-10-8-6-4-2/h11,13,17,19,21-22,25-28,31,33,41H,3-10,12,14-16,18,20,23-24,29-30,32,34-40H2,1-2H3,(H2,46,47,48)/b13-11+,19-17+,22-21+,27-25+,28-26+,33-31+/t41-/m1/s1. The molecule has 9 heteroatoms. The lowest BCUT2D eigenvalue weighted by molar-refractivity contribution is -0.161. The number of phosphoric acid groups is 1. The minimum Gasteiger partial charge on any atom is -0.462 e. The number of carbonyl (C=O) groups excluding carboxylic acids is 2. The molecule has 0 saturated heterocycles. The summed E-state index contributed by atoms with van der Waals surface area (Å²) in [5.41, 5.74) is 0. The Morgan fingerprint density at radius 1 is 0.500 bits per heavy atom. The third-order valence-corrected chi connectivity index (χ3v) is 8.70. The van der Waals surface area contributed by atoms with Crippen LogP contribution in [0.25, 0.3) is 0 Å². The van der Waals surface area contributed by atoms with Gasteiger partial charge in [-0.25, -0.2) is 4.57 Å². The second kappa shape index (κ2) is 38.2. The van der Waals surface area contributed by atoms with E-state index in [1.165, 1.54) is 77.0 Å². The number of hydrogen-bond donors (Lipinski definition) is 2. The van der Waals surface area contributed by atoms with Gasteiger partial charge in [0.15, 0.2) is 6.10 Å². The van der Waals surface area contributed by atoms with Gasteiger partial charge >= 0.3 is 19.8 Å². The minimum atomic E-state index is -4.78. The summed E-state index contributed by atoms with van der Waals surface area (Å²) in [6.07, 6.45) is 49.2. The highest BCUT2D eigenvalue weighted by atomic mass is 31.2. The quantitative estimate of drug-likeness (QED) is 0.0281. The molecule has 0 aromatic rings. The summed E-state index contributed by atoms with van der Waals surface area (Å²) < 4.78 is 26.3. The lowest BCUT2D eigenvalue weighted by Crippen LogP contribution is -2.29. The van der Waals surface area contributed by atoms with E-state index in [-0.39, 0.29) is 19.4 Å². The molecule has 0 fully saturated rings. The molecule has 1 atom stereocenters. The van der Waals surface area contributed by atoms with Crippen LogP contribution < -0.4 is 0 Å². The van der Waals surface area contributed by atoms with Crippen molar-refractivity contribution in [2.24, 2.45) is 0 Å². The van der Waals surface area contributed by atoms with Crippen molar-refractivity contribution in [3.63, 3.8) is 0 Å². The maximum absolute atomic E-state index is 12.4. The molecule has 0 aliphatic rings. The Balaban J connectivity index is 4.10. The van der Waals surface area contributed by atoms with Crippen LogP contribution in [0.2, 0.25) is 0 Å². The van der Waals surface area contributed by atoms with Crippen molar-refractivity contribution in [2.75, 3.05) is 13.2 Å². The molecule has 2 N–H and O–H groups in total. The monoisotopic (exact) mass is 749 g/mol. The van der Waals surface area contributed by atoms with Gasteiger partial charge < -0.3 is 19.3 Å². The fourth-order valence-corrected chi connectivity index (χ4v) is 5.53. The molecule has 0 bridgehead atoms. The van der Waals surface area contributed by atoms with Crippen molar-refractivity contribution >= 4 is 19.8 Å². The number of allylic oxidation sites excluding steroid dienone is 12. The minimum absolute atomic E-state index is 0.138. The van der Waals surface area contributed by atoms with Crippen LogP contribution in [0.5, 0.6) is 0 Å². The van der Waals surface area contributed by atoms with Gasteiger partial charge in [-0.05, 0) is 77.0 Å². The highest BCUT2D eigenvalue weighted by molar-refractivity contribution is 7.46. The Bertz CT molecular complexity index is 1070. The van der Waals surface area contributed by atoms with E-state index in [2.05, 4.69) is 79.1 Å². The largest absolute Gasteiger partial charge is 0.469 e. The van der Waals surface area contributed by atoms with Gasteiger partial charge in [-0.3, -0.25) is 14.1 Å². The molecule has 0 saturated carbocycles. The second-order valence-corrected chi connectivity index (χ2v) is 14.5.